The van der Waals surface area contributed by atoms with Crippen molar-refractivity contribution in [3.8, 4) is 11.5 Å². The quantitative estimate of drug-likeness (QED) is 0.864. The van der Waals surface area contributed by atoms with Crippen LogP contribution in [-0.4, -0.2) is 12.2 Å². The van der Waals surface area contributed by atoms with Gasteiger partial charge >= 0.3 is 0 Å². The molecule has 2 N–H and O–H groups in total. The summed E-state index contributed by atoms with van der Waals surface area (Å²) in [5.74, 6) is 1.57. The lowest BCUT2D eigenvalue weighted by Gasteiger charge is -2.16. The summed E-state index contributed by atoms with van der Waals surface area (Å²) < 4.78 is 5.92. The third-order valence-electron chi connectivity index (χ3n) is 3.13. The fourth-order valence-electron chi connectivity index (χ4n) is 1.92. The number of rotatable bonds is 5. The molecule has 2 rings (SSSR count). The monoisotopic (exact) mass is 257 g/mol. The van der Waals surface area contributed by atoms with Crippen molar-refractivity contribution < 1.29 is 9.84 Å². The van der Waals surface area contributed by atoms with Crippen LogP contribution >= 0.6 is 0 Å². The molecule has 0 radical (unpaired) electrons. The molecule has 0 bridgehead atoms. The van der Waals surface area contributed by atoms with E-state index in [-0.39, 0.29) is 12.6 Å². The smallest absolute Gasteiger partial charge is 0.132 e. The van der Waals surface area contributed by atoms with Crippen LogP contribution in [0, 0.1) is 0 Å². The van der Waals surface area contributed by atoms with Crippen molar-refractivity contribution in [2.45, 2.75) is 19.6 Å². The second kappa shape index (κ2) is 6.36. The molecule has 1 atom stereocenters. The minimum absolute atomic E-state index is 0.0196. The van der Waals surface area contributed by atoms with Gasteiger partial charge in [0.25, 0.3) is 0 Å². The normalized spacial score (nSPS) is 12.2. The topological polar surface area (TPSA) is 41.5 Å². The average Bonchev–Trinajstić information content (AvgIpc) is 2.47. The molecule has 0 spiro atoms. The van der Waals surface area contributed by atoms with E-state index in [2.05, 4.69) is 12.2 Å². The number of hydrogen-bond acceptors (Lipinski definition) is 3. The lowest BCUT2D eigenvalue weighted by molar-refractivity contribution is 0.281. The van der Waals surface area contributed by atoms with Crippen LogP contribution in [0.5, 0.6) is 11.5 Å². The molecule has 0 saturated heterocycles. The third-order valence-corrected chi connectivity index (χ3v) is 3.13. The molecule has 1 unspecified atom stereocenters. The summed E-state index contributed by atoms with van der Waals surface area (Å²) >= 11 is 0. The van der Waals surface area contributed by atoms with Crippen LogP contribution in [0.1, 0.15) is 24.1 Å². The van der Waals surface area contributed by atoms with Gasteiger partial charge in [0.1, 0.15) is 11.5 Å². The number of aliphatic hydroxyl groups is 1. The summed E-state index contributed by atoms with van der Waals surface area (Å²) in [6, 6.07) is 15.7. The number of hydrogen-bond donors (Lipinski definition) is 2. The van der Waals surface area contributed by atoms with Gasteiger partial charge in [0.2, 0.25) is 0 Å². The van der Waals surface area contributed by atoms with Crippen molar-refractivity contribution in [3.63, 3.8) is 0 Å². The maximum absolute atomic E-state index is 9.14. The van der Waals surface area contributed by atoms with Gasteiger partial charge < -0.3 is 15.2 Å². The maximum Gasteiger partial charge on any atom is 0.132 e. The summed E-state index contributed by atoms with van der Waals surface area (Å²) in [5, 5.41) is 12.4. The summed E-state index contributed by atoms with van der Waals surface area (Å²) in [6.07, 6.45) is 0. The molecule has 19 heavy (non-hydrogen) atoms. The number of nitrogens with one attached hydrogen (secondary N) is 1. The van der Waals surface area contributed by atoms with Gasteiger partial charge in [0, 0.05) is 11.6 Å². The zero-order chi connectivity index (χ0) is 13.7. The molecular formula is C16H19NO2. The van der Waals surface area contributed by atoms with E-state index in [1.54, 1.807) is 0 Å². The molecular weight excluding hydrogens is 238 g/mol. The maximum atomic E-state index is 9.14. The molecule has 3 heteroatoms. The van der Waals surface area contributed by atoms with Gasteiger partial charge in [-0.2, -0.15) is 0 Å². The van der Waals surface area contributed by atoms with E-state index in [9.17, 15) is 0 Å². The van der Waals surface area contributed by atoms with Gasteiger partial charge in [-0.3, -0.25) is 0 Å². The lowest BCUT2D eigenvalue weighted by atomic mass is 10.1. The van der Waals surface area contributed by atoms with Crippen molar-refractivity contribution in [3.05, 3.63) is 59.7 Å². The first-order chi connectivity index (χ1) is 9.24. The Labute approximate surface area is 113 Å². The second-order valence-electron chi connectivity index (χ2n) is 4.46. The van der Waals surface area contributed by atoms with Crippen LogP contribution in [0.15, 0.2) is 48.5 Å². The first-order valence-electron chi connectivity index (χ1n) is 6.38. The minimum atomic E-state index is 0.0196. The predicted octanol–water partition coefficient (Wildman–Crippen LogP) is 3.25. The highest BCUT2D eigenvalue weighted by Gasteiger charge is 2.10. The number of aliphatic hydroxyl groups excluding tert-OH is 1. The largest absolute Gasteiger partial charge is 0.457 e. The van der Waals surface area contributed by atoms with E-state index in [1.807, 2.05) is 55.6 Å². The SMILES string of the molecule is CNC(C)c1ccccc1Oc1cccc(CO)c1. The summed E-state index contributed by atoms with van der Waals surface area (Å²) in [7, 11) is 1.92. The third kappa shape index (κ3) is 3.34. The van der Waals surface area contributed by atoms with Gasteiger partial charge in [-0.1, -0.05) is 30.3 Å². The fraction of sp³-hybridized carbons (Fsp3) is 0.250. The Hall–Kier alpha value is -1.84. The summed E-state index contributed by atoms with van der Waals surface area (Å²) in [6.45, 7) is 2.11. The number of ether oxygens (including phenoxy) is 1. The van der Waals surface area contributed by atoms with E-state index in [0.29, 0.717) is 0 Å². The average molecular weight is 257 g/mol. The highest BCUT2D eigenvalue weighted by molar-refractivity contribution is 5.40. The zero-order valence-corrected chi connectivity index (χ0v) is 11.3. The van der Waals surface area contributed by atoms with Crippen molar-refractivity contribution in [1.82, 2.24) is 5.32 Å². The molecule has 2 aromatic rings. The molecule has 0 aromatic heterocycles. The van der Waals surface area contributed by atoms with Crippen LogP contribution < -0.4 is 10.1 Å². The molecule has 100 valence electrons. The Morgan fingerprint density at radius 3 is 2.68 bits per heavy atom. The summed E-state index contributed by atoms with van der Waals surface area (Å²) in [5.41, 5.74) is 1.95. The first kappa shape index (κ1) is 13.6. The van der Waals surface area contributed by atoms with Crippen molar-refractivity contribution in [2.24, 2.45) is 0 Å². The van der Waals surface area contributed by atoms with E-state index in [0.717, 1.165) is 22.6 Å². The Morgan fingerprint density at radius 2 is 1.95 bits per heavy atom. The molecule has 0 aliphatic heterocycles. The number of para-hydroxylation sites is 1. The standard InChI is InChI=1S/C16H19NO2/c1-12(17-2)15-8-3-4-9-16(15)19-14-7-5-6-13(10-14)11-18/h3-10,12,17-18H,11H2,1-2H3. The van der Waals surface area contributed by atoms with Crippen molar-refractivity contribution >= 4 is 0 Å². The van der Waals surface area contributed by atoms with Crippen LogP contribution in [0.4, 0.5) is 0 Å². The van der Waals surface area contributed by atoms with Crippen molar-refractivity contribution in [1.29, 1.82) is 0 Å². The van der Waals surface area contributed by atoms with Gasteiger partial charge in [0.15, 0.2) is 0 Å². The van der Waals surface area contributed by atoms with E-state index >= 15 is 0 Å². The Kier molecular flexibility index (Phi) is 4.55. The Morgan fingerprint density at radius 1 is 1.16 bits per heavy atom. The molecule has 0 heterocycles. The highest BCUT2D eigenvalue weighted by Crippen LogP contribution is 2.29. The van der Waals surface area contributed by atoms with E-state index in [4.69, 9.17) is 9.84 Å². The highest BCUT2D eigenvalue weighted by atomic mass is 16.5. The molecule has 0 amide bonds. The van der Waals surface area contributed by atoms with Gasteiger partial charge in [0.05, 0.1) is 6.61 Å². The second-order valence-corrected chi connectivity index (χ2v) is 4.46. The molecule has 0 saturated carbocycles. The predicted molar refractivity (Wildman–Crippen MR) is 76.4 cm³/mol. The summed E-state index contributed by atoms with van der Waals surface area (Å²) in [4.78, 5) is 0. The van der Waals surface area contributed by atoms with Crippen LogP contribution in [0.25, 0.3) is 0 Å². The van der Waals surface area contributed by atoms with Gasteiger partial charge in [-0.15, -0.1) is 0 Å². The Bertz CT molecular complexity index is 540. The molecule has 0 fully saturated rings. The van der Waals surface area contributed by atoms with Crippen LogP contribution in [-0.2, 0) is 6.61 Å². The van der Waals surface area contributed by atoms with Crippen LogP contribution in [0.3, 0.4) is 0 Å². The fourth-order valence-corrected chi connectivity index (χ4v) is 1.92. The minimum Gasteiger partial charge on any atom is -0.457 e. The van der Waals surface area contributed by atoms with Gasteiger partial charge in [-0.25, -0.2) is 0 Å². The van der Waals surface area contributed by atoms with Crippen LogP contribution in [0.2, 0.25) is 0 Å². The number of benzene rings is 2. The molecule has 3 nitrogen and oxygen atoms in total. The molecule has 2 aromatic carbocycles. The van der Waals surface area contributed by atoms with E-state index in [1.165, 1.54) is 0 Å². The first-order valence-corrected chi connectivity index (χ1v) is 6.38. The molecule has 0 aliphatic rings. The molecule has 0 aliphatic carbocycles. The van der Waals surface area contributed by atoms with Gasteiger partial charge in [-0.05, 0) is 37.7 Å². The zero-order valence-electron chi connectivity index (χ0n) is 11.3. The Balaban J connectivity index is 2.27. The lowest BCUT2D eigenvalue weighted by Crippen LogP contribution is -2.13. The van der Waals surface area contributed by atoms with Crippen molar-refractivity contribution in [2.75, 3.05) is 7.05 Å². The van der Waals surface area contributed by atoms with E-state index < -0.39 is 0 Å².